The number of aryl methyl sites for hydroxylation is 1. The summed E-state index contributed by atoms with van der Waals surface area (Å²) in [5.41, 5.74) is 8.97. The number of fused-ring (bicyclic) bond motifs is 1. The van der Waals surface area contributed by atoms with Crippen LogP contribution in [-0.4, -0.2) is 40.1 Å². The van der Waals surface area contributed by atoms with Gasteiger partial charge < -0.3 is 21.4 Å². The molecular weight excluding hydrogens is 390 g/mol. The molecule has 0 saturated carbocycles. The molecule has 3 aromatic rings. The summed E-state index contributed by atoms with van der Waals surface area (Å²) in [6, 6.07) is 10.1. The highest BCUT2D eigenvalue weighted by atomic mass is 16.1. The van der Waals surface area contributed by atoms with Crippen molar-refractivity contribution in [2.45, 2.75) is 47.1 Å². The van der Waals surface area contributed by atoms with Gasteiger partial charge in [0.05, 0.1) is 5.69 Å². The van der Waals surface area contributed by atoms with Gasteiger partial charge in [0, 0.05) is 36.4 Å². The maximum atomic E-state index is 12.3. The number of hydrogen-bond donors (Lipinski definition) is 4. The van der Waals surface area contributed by atoms with Gasteiger partial charge in [0.2, 0.25) is 0 Å². The van der Waals surface area contributed by atoms with Crippen LogP contribution >= 0.6 is 0 Å². The largest absolute Gasteiger partial charge is 0.370 e. The van der Waals surface area contributed by atoms with E-state index in [9.17, 15) is 4.79 Å². The van der Waals surface area contributed by atoms with Gasteiger partial charge in [0.1, 0.15) is 5.65 Å². The van der Waals surface area contributed by atoms with Gasteiger partial charge in [0.15, 0.2) is 5.96 Å². The number of nitrogens with two attached hydrogens (primary N) is 1. The molecule has 0 fully saturated rings. The topological polar surface area (TPSA) is 113 Å². The number of H-pyrrole nitrogens is 1. The molecule has 0 saturated heterocycles. The Morgan fingerprint density at radius 2 is 2.00 bits per heavy atom. The molecule has 5 N–H and O–H groups in total. The van der Waals surface area contributed by atoms with E-state index in [1.807, 2.05) is 64.2 Å². The van der Waals surface area contributed by atoms with E-state index in [2.05, 4.69) is 32.5 Å². The van der Waals surface area contributed by atoms with E-state index in [1.54, 1.807) is 4.57 Å². The number of aliphatic imine (C=N–C) groups is 1. The summed E-state index contributed by atoms with van der Waals surface area (Å²) >= 11 is 0. The Morgan fingerprint density at radius 3 is 2.68 bits per heavy atom. The molecule has 3 rings (SSSR count). The van der Waals surface area contributed by atoms with Crippen LogP contribution in [0.5, 0.6) is 0 Å². The first-order valence-corrected chi connectivity index (χ1v) is 10.9. The zero-order chi connectivity index (χ0) is 22.8. The summed E-state index contributed by atoms with van der Waals surface area (Å²) in [4.78, 5) is 23.8. The Bertz CT molecular complexity index is 1030. The van der Waals surface area contributed by atoms with Crippen LogP contribution < -0.4 is 22.1 Å². The maximum absolute atomic E-state index is 12.3. The molecule has 0 radical (unpaired) electrons. The molecule has 0 aliphatic heterocycles. The molecule has 0 spiro atoms. The lowest BCUT2D eigenvalue weighted by molar-refractivity contribution is 0.561. The fourth-order valence-corrected chi connectivity index (χ4v) is 3.19. The summed E-state index contributed by atoms with van der Waals surface area (Å²) in [6.07, 6.45) is 2.73. The number of benzene rings is 1. The Labute approximate surface area is 184 Å². The minimum absolute atomic E-state index is 0.198. The zero-order valence-electron chi connectivity index (χ0n) is 19.2. The van der Waals surface area contributed by atoms with E-state index in [0.717, 1.165) is 41.8 Å². The second-order valence-corrected chi connectivity index (χ2v) is 7.07. The molecule has 0 aliphatic carbocycles. The summed E-state index contributed by atoms with van der Waals surface area (Å²) < 4.78 is 1.57. The molecule has 168 valence electrons. The second kappa shape index (κ2) is 11.9. The van der Waals surface area contributed by atoms with Crippen molar-refractivity contribution in [3.05, 3.63) is 58.3 Å². The van der Waals surface area contributed by atoms with Gasteiger partial charge in [-0.25, -0.2) is 4.79 Å². The number of aromatic amines is 1. The molecule has 8 nitrogen and oxygen atoms in total. The Morgan fingerprint density at radius 1 is 1.29 bits per heavy atom. The number of nitrogens with zero attached hydrogens (tertiary/aromatic N) is 3. The lowest BCUT2D eigenvalue weighted by Crippen LogP contribution is -2.31. The molecular formula is C23H35N7O. The van der Waals surface area contributed by atoms with Crippen molar-refractivity contribution in [2.24, 2.45) is 10.7 Å². The second-order valence-electron chi connectivity index (χ2n) is 7.07. The van der Waals surface area contributed by atoms with Gasteiger partial charge in [-0.05, 0) is 57.5 Å². The van der Waals surface area contributed by atoms with Gasteiger partial charge in [-0.15, -0.1) is 0 Å². The predicted molar refractivity (Wildman–Crippen MR) is 129 cm³/mol. The molecule has 8 heteroatoms. The predicted octanol–water partition coefficient (Wildman–Crippen LogP) is 3.01. The van der Waals surface area contributed by atoms with Gasteiger partial charge in [-0.1, -0.05) is 26.0 Å². The fraction of sp³-hybridized carbons (Fsp3) is 0.435. The number of aromatic nitrogens is 3. The van der Waals surface area contributed by atoms with E-state index in [0.29, 0.717) is 18.2 Å². The van der Waals surface area contributed by atoms with E-state index in [-0.39, 0.29) is 11.7 Å². The van der Waals surface area contributed by atoms with E-state index in [4.69, 9.17) is 5.73 Å². The van der Waals surface area contributed by atoms with Crippen LogP contribution in [0.15, 0.2) is 46.3 Å². The number of nitrogens with one attached hydrogen (secondary N) is 3. The molecule has 1 atom stereocenters. The Balaban J connectivity index is 0.00000166. The minimum atomic E-state index is -0.296. The first-order valence-electron chi connectivity index (χ1n) is 10.9. The number of rotatable bonds is 8. The Kier molecular flexibility index (Phi) is 9.27. The zero-order valence-corrected chi connectivity index (χ0v) is 19.2. The summed E-state index contributed by atoms with van der Waals surface area (Å²) in [7, 11) is 0. The smallest absolute Gasteiger partial charge is 0.354 e. The molecule has 0 unspecified atom stereocenters. The highest BCUT2D eigenvalue weighted by Crippen LogP contribution is 2.17. The van der Waals surface area contributed by atoms with E-state index >= 15 is 0 Å². The summed E-state index contributed by atoms with van der Waals surface area (Å²) in [5, 5.41) is 7.38. The maximum Gasteiger partial charge on any atom is 0.354 e. The molecule has 2 heterocycles. The van der Waals surface area contributed by atoms with E-state index < -0.39 is 0 Å². The molecule has 31 heavy (non-hydrogen) atoms. The third-order valence-electron chi connectivity index (χ3n) is 4.74. The minimum Gasteiger partial charge on any atom is -0.370 e. The molecule has 1 aromatic carbocycles. The van der Waals surface area contributed by atoms with Crippen LogP contribution in [0, 0.1) is 6.92 Å². The summed E-state index contributed by atoms with van der Waals surface area (Å²) in [5.74, 6) is 0.494. The van der Waals surface area contributed by atoms with Gasteiger partial charge in [-0.3, -0.25) is 9.56 Å². The van der Waals surface area contributed by atoms with E-state index in [1.165, 1.54) is 0 Å². The van der Waals surface area contributed by atoms with Crippen LogP contribution in [0.4, 0.5) is 0 Å². The first kappa shape index (κ1) is 24.1. The van der Waals surface area contributed by atoms with Crippen molar-refractivity contribution in [1.82, 2.24) is 25.2 Å². The average molecular weight is 426 g/mol. The van der Waals surface area contributed by atoms with Crippen LogP contribution in [0.1, 0.15) is 51.4 Å². The molecule has 2 aromatic heterocycles. The first-order chi connectivity index (χ1) is 15.0. The highest BCUT2D eigenvalue weighted by Gasteiger charge is 2.08. The molecule has 0 amide bonds. The van der Waals surface area contributed by atoms with Gasteiger partial charge in [-0.2, -0.15) is 4.98 Å². The number of guanidine groups is 1. The monoisotopic (exact) mass is 425 g/mol. The lowest BCUT2D eigenvalue weighted by atomic mass is 10.1. The molecule has 0 aliphatic rings. The summed E-state index contributed by atoms with van der Waals surface area (Å²) in [6.45, 7) is 12.4. The van der Waals surface area contributed by atoms with Crippen molar-refractivity contribution in [3.63, 3.8) is 0 Å². The van der Waals surface area contributed by atoms with Gasteiger partial charge in [0.25, 0.3) is 0 Å². The van der Waals surface area contributed by atoms with Crippen molar-refractivity contribution in [1.29, 1.82) is 0 Å². The lowest BCUT2D eigenvalue weighted by Gasteiger charge is -2.15. The van der Waals surface area contributed by atoms with Crippen molar-refractivity contribution in [2.75, 3.05) is 19.6 Å². The van der Waals surface area contributed by atoms with Crippen LogP contribution in [-0.2, 0) is 0 Å². The van der Waals surface area contributed by atoms with Crippen LogP contribution in [0.2, 0.25) is 0 Å². The molecule has 0 bridgehead atoms. The highest BCUT2D eigenvalue weighted by molar-refractivity contribution is 5.77. The number of hydrogen-bond acceptors (Lipinski definition) is 4. The third kappa shape index (κ3) is 6.68. The fourth-order valence-electron chi connectivity index (χ4n) is 3.19. The standard InChI is InChI=1S/C21H29N7O.C2H6/c1-4-23-20(22)25-11-5-10-24-15(3)16-6-8-18(9-7-16)28-13-17-12-14(2)26-19(17)27-21(28)29;1-2/h6-9,12-13,15,24H,4-5,10-11H2,1-3H3,(H3,22,23,25)(H,26,27,29);1-2H3/t15-;/m0./s1. The normalized spacial score (nSPS) is 12.4. The van der Waals surface area contributed by atoms with Crippen molar-refractivity contribution in [3.8, 4) is 5.69 Å². The quantitative estimate of drug-likeness (QED) is 0.252. The van der Waals surface area contributed by atoms with Gasteiger partial charge >= 0.3 is 5.69 Å². The third-order valence-corrected chi connectivity index (χ3v) is 4.74. The van der Waals surface area contributed by atoms with Crippen molar-refractivity contribution < 1.29 is 0 Å². The van der Waals surface area contributed by atoms with Crippen LogP contribution in [0.3, 0.4) is 0 Å². The Hall–Kier alpha value is -3.13. The SMILES string of the molecule is CC.CCNC(N)=NCCCN[C@@H](C)c1ccc(-n2cc3cc(C)[nH]c3nc2=O)cc1. The van der Waals surface area contributed by atoms with Crippen LogP contribution in [0.25, 0.3) is 16.7 Å². The van der Waals surface area contributed by atoms with Crippen molar-refractivity contribution >= 4 is 17.0 Å². The average Bonchev–Trinajstić information content (AvgIpc) is 3.13.